The molecule has 4 aromatic rings. The Hall–Kier alpha value is -3.03. The van der Waals surface area contributed by atoms with Crippen LogP contribution >= 0.6 is 22.9 Å². The number of benzene rings is 1. The summed E-state index contributed by atoms with van der Waals surface area (Å²) in [7, 11) is 0. The van der Waals surface area contributed by atoms with Gasteiger partial charge in [-0.05, 0) is 43.5 Å². The van der Waals surface area contributed by atoms with Crippen molar-refractivity contribution >= 4 is 34.7 Å². The van der Waals surface area contributed by atoms with E-state index in [2.05, 4.69) is 21.4 Å². The van der Waals surface area contributed by atoms with Crippen LogP contribution in [0.1, 0.15) is 34.2 Å². The molecule has 0 fully saturated rings. The number of anilines is 1. The Morgan fingerprint density at radius 3 is 2.53 bits per heavy atom. The third-order valence-electron chi connectivity index (χ3n) is 5.08. The number of carbonyl (C=O) groups is 1. The van der Waals surface area contributed by atoms with Crippen molar-refractivity contribution in [2.45, 2.75) is 26.2 Å². The van der Waals surface area contributed by atoms with Crippen molar-refractivity contribution in [2.75, 3.05) is 5.32 Å². The summed E-state index contributed by atoms with van der Waals surface area (Å²) in [6.45, 7) is 3.84. The molecule has 1 N–H and O–H groups in total. The first-order valence-corrected chi connectivity index (χ1v) is 10.8. The maximum absolute atomic E-state index is 12.6. The van der Waals surface area contributed by atoms with E-state index in [0.29, 0.717) is 23.2 Å². The van der Waals surface area contributed by atoms with Crippen LogP contribution in [-0.2, 0) is 4.79 Å². The van der Waals surface area contributed by atoms with E-state index in [4.69, 9.17) is 16.7 Å². The van der Waals surface area contributed by atoms with Gasteiger partial charge in [-0.25, -0.2) is 9.97 Å². The number of carbonyl (C=O) groups excluding carboxylic acids is 1. The fourth-order valence-electron chi connectivity index (χ4n) is 3.85. The SMILES string of the molecule is Cc1cc(C)nc(-n2nc(-c3ccc(Cl)cc3)c3c2NC(=O)CC3c2cccs2)n1. The molecule has 1 amide bonds. The predicted molar refractivity (Wildman–Crippen MR) is 118 cm³/mol. The minimum atomic E-state index is -0.0842. The number of hydrogen-bond donors (Lipinski definition) is 1. The zero-order valence-electron chi connectivity index (χ0n) is 16.4. The van der Waals surface area contributed by atoms with Crippen LogP contribution in [0.5, 0.6) is 0 Å². The van der Waals surface area contributed by atoms with Gasteiger partial charge >= 0.3 is 0 Å². The van der Waals surface area contributed by atoms with Gasteiger partial charge in [0, 0.05) is 44.8 Å². The molecule has 6 nitrogen and oxygen atoms in total. The normalized spacial score (nSPS) is 15.7. The minimum absolute atomic E-state index is 0.0471. The molecule has 1 aliphatic heterocycles. The molecule has 0 spiro atoms. The van der Waals surface area contributed by atoms with E-state index in [9.17, 15) is 4.79 Å². The molecule has 150 valence electrons. The Morgan fingerprint density at radius 2 is 1.87 bits per heavy atom. The Labute approximate surface area is 182 Å². The number of fused-ring (bicyclic) bond motifs is 1. The van der Waals surface area contributed by atoms with Crippen molar-refractivity contribution in [2.24, 2.45) is 0 Å². The third-order valence-corrected chi connectivity index (χ3v) is 6.32. The lowest BCUT2D eigenvalue weighted by atomic mass is 9.88. The molecule has 1 atom stereocenters. The van der Waals surface area contributed by atoms with Crippen LogP contribution in [0.3, 0.4) is 0 Å². The lowest BCUT2D eigenvalue weighted by Gasteiger charge is -2.23. The summed E-state index contributed by atoms with van der Waals surface area (Å²) >= 11 is 7.75. The first-order chi connectivity index (χ1) is 14.5. The van der Waals surface area contributed by atoms with Crippen LogP contribution in [0.25, 0.3) is 17.2 Å². The third kappa shape index (κ3) is 3.30. The molecular weight excluding hydrogens is 418 g/mol. The smallest absolute Gasteiger partial charge is 0.252 e. The zero-order valence-corrected chi connectivity index (χ0v) is 18.0. The van der Waals surface area contributed by atoms with Gasteiger partial charge in [-0.2, -0.15) is 9.78 Å². The number of amides is 1. The number of nitrogens with zero attached hydrogens (tertiary/aromatic N) is 4. The minimum Gasteiger partial charge on any atom is -0.310 e. The molecule has 0 bridgehead atoms. The summed E-state index contributed by atoms with van der Waals surface area (Å²) in [5.41, 5.74) is 4.37. The Kier molecular flexibility index (Phi) is 4.64. The second-order valence-electron chi connectivity index (χ2n) is 7.30. The first-order valence-electron chi connectivity index (χ1n) is 9.54. The number of hydrogen-bond acceptors (Lipinski definition) is 5. The molecule has 3 aromatic heterocycles. The van der Waals surface area contributed by atoms with E-state index in [1.54, 1.807) is 16.0 Å². The van der Waals surface area contributed by atoms with Crippen LogP contribution in [0.4, 0.5) is 5.82 Å². The number of nitrogens with one attached hydrogen (secondary N) is 1. The monoisotopic (exact) mass is 435 g/mol. The van der Waals surface area contributed by atoms with Crippen LogP contribution in [0.15, 0.2) is 47.8 Å². The van der Waals surface area contributed by atoms with Gasteiger partial charge in [0.25, 0.3) is 5.95 Å². The van der Waals surface area contributed by atoms with E-state index >= 15 is 0 Å². The fourth-order valence-corrected chi connectivity index (χ4v) is 4.81. The van der Waals surface area contributed by atoms with E-state index in [0.717, 1.165) is 33.1 Å². The highest BCUT2D eigenvalue weighted by Crippen LogP contribution is 2.44. The summed E-state index contributed by atoms with van der Waals surface area (Å²) < 4.78 is 1.65. The molecule has 1 aromatic carbocycles. The van der Waals surface area contributed by atoms with Crippen LogP contribution in [0.2, 0.25) is 5.02 Å². The Balaban J connectivity index is 1.79. The molecule has 30 heavy (non-hydrogen) atoms. The Bertz CT molecular complexity index is 1230. The summed E-state index contributed by atoms with van der Waals surface area (Å²) in [5.74, 6) is 0.934. The lowest BCUT2D eigenvalue weighted by molar-refractivity contribution is -0.116. The standard InChI is InChI=1S/C22H18ClN5OS/c1-12-10-13(2)25-22(24-12)28-21-19(20(27-28)14-5-7-15(23)8-6-14)16(11-18(29)26-21)17-4-3-9-30-17/h3-10,16H,11H2,1-2H3,(H,26,29). The maximum Gasteiger partial charge on any atom is 0.252 e. The predicted octanol–water partition coefficient (Wildman–Crippen LogP) is 5.14. The number of aryl methyl sites for hydroxylation is 2. The average Bonchev–Trinajstić information content (AvgIpc) is 3.35. The molecule has 0 aliphatic carbocycles. The van der Waals surface area contributed by atoms with Crippen molar-refractivity contribution < 1.29 is 4.79 Å². The van der Waals surface area contributed by atoms with Crippen molar-refractivity contribution in [3.8, 4) is 17.2 Å². The lowest BCUT2D eigenvalue weighted by Crippen LogP contribution is -2.25. The van der Waals surface area contributed by atoms with Crippen LogP contribution in [0, 0.1) is 13.8 Å². The summed E-state index contributed by atoms with van der Waals surface area (Å²) in [6.07, 6.45) is 0.369. The summed E-state index contributed by atoms with van der Waals surface area (Å²) in [5, 5.41) is 10.6. The van der Waals surface area contributed by atoms with Gasteiger partial charge in [-0.3, -0.25) is 4.79 Å². The van der Waals surface area contributed by atoms with Crippen molar-refractivity contribution in [3.05, 3.63) is 74.7 Å². The van der Waals surface area contributed by atoms with Crippen molar-refractivity contribution in [1.29, 1.82) is 0 Å². The maximum atomic E-state index is 12.6. The number of rotatable bonds is 3. The van der Waals surface area contributed by atoms with Gasteiger partial charge in [-0.1, -0.05) is 29.8 Å². The summed E-state index contributed by atoms with van der Waals surface area (Å²) in [6, 6.07) is 13.6. The van der Waals surface area contributed by atoms with Crippen molar-refractivity contribution in [3.63, 3.8) is 0 Å². The second-order valence-corrected chi connectivity index (χ2v) is 8.72. The van der Waals surface area contributed by atoms with E-state index in [1.165, 1.54) is 0 Å². The van der Waals surface area contributed by atoms with E-state index < -0.39 is 0 Å². The molecule has 0 saturated carbocycles. The van der Waals surface area contributed by atoms with Gasteiger partial charge in [0.15, 0.2) is 0 Å². The summed E-state index contributed by atoms with van der Waals surface area (Å²) in [4.78, 5) is 22.9. The fraction of sp³-hybridized carbons (Fsp3) is 0.182. The number of thiophene rings is 1. The van der Waals surface area contributed by atoms with Crippen LogP contribution in [-0.4, -0.2) is 25.7 Å². The average molecular weight is 436 g/mol. The highest BCUT2D eigenvalue weighted by atomic mass is 35.5. The molecule has 1 aliphatic rings. The van der Waals surface area contributed by atoms with E-state index in [1.807, 2.05) is 55.6 Å². The van der Waals surface area contributed by atoms with E-state index in [-0.39, 0.29) is 11.8 Å². The quantitative estimate of drug-likeness (QED) is 0.483. The molecule has 5 rings (SSSR count). The topological polar surface area (TPSA) is 72.7 Å². The highest BCUT2D eigenvalue weighted by molar-refractivity contribution is 7.10. The molecule has 4 heterocycles. The van der Waals surface area contributed by atoms with Gasteiger partial charge in [0.05, 0.1) is 5.69 Å². The molecule has 0 saturated heterocycles. The molecule has 1 unspecified atom stereocenters. The number of aromatic nitrogens is 4. The molecule has 0 radical (unpaired) electrons. The van der Waals surface area contributed by atoms with Gasteiger partial charge < -0.3 is 5.32 Å². The molecular formula is C22H18ClN5OS. The van der Waals surface area contributed by atoms with Gasteiger partial charge in [0.2, 0.25) is 5.91 Å². The zero-order chi connectivity index (χ0) is 20.8. The molecule has 8 heteroatoms. The largest absolute Gasteiger partial charge is 0.310 e. The first kappa shape index (κ1) is 19.0. The van der Waals surface area contributed by atoms with Gasteiger partial charge in [-0.15, -0.1) is 11.3 Å². The number of halogens is 1. The van der Waals surface area contributed by atoms with Crippen LogP contribution < -0.4 is 5.32 Å². The highest BCUT2D eigenvalue weighted by Gasteiger charge is 2.35. The van der Waals surface area contributed by atoms with Crippen molar-refractivity contribution in [1.82, 2.24) is 19.7 Å². The van der Waals surface area contributed by atoms with Gasteiger partial charge in [0.1, 0.15) is 5.82 Å². The Morgan fingerprint density at radius 1 is 1.13 bits per heavy atom. The second kappa shape index (κ2) is 7.34.